The normalized spacial score (nSPS) is 22.4. The highest BCUT2D eigenvalue weighted by molar-refractivity contribution is 5.32. The molecule has 1 heterocycles. The Morgan fingerprint density at radius 1 is 1.35 bits per heavy atom. The topological polar surface area (TPSA) is 38.0 Å². The summed E-state index contributed by atoms with van der Waals surface area (Å²) in [5, 5.41) is 3.57. The summed E-state index contributed by atoms with van der Waals surface area (Å²) in [5.74, 6) is 0. The van der Waals surface area contributed by atoms with Gasteiger partial charge in [-0.15, -0.1) is 0 Å². The lowest BCUT2D eigenvalue weighted by Crippen LogP contribution is -2.36. The minimum absolute atomic E-state index is 0.172. The van der Waals surface area contributed by atoms with E-state index in [-0.39, 0.29) is 6.04 Å². The van der Waals surface area contributed by atoms with Gasteiger partial charge in [-0.05, 0) is 50.8 Å². The fraction of sp³-hybridized carbons (Fsp3) is 0.600. The zero-order valence-electron chi connectivity index (χ0n) is 11.0. The number of hydrogen-bond donors (Lipinski definition) is 2. The van der Waals surface area contributed by atoms with E-state index in [4.69, 9.17) is 5.73 Å². The molecule has 1 saturated heterocycles. The van der Waals surface area contributed by atoms with Crippen LogP contribution >= 0.6 is 0 Å². The highest BCUT2D eigenvalue weighted by Gasteiger charge is 2.18. The Kier molecular flexibility index (Phi) is 4.19. The lowest BCUT2D eigenvalue weighted by Gasteiger charge is -2.27. The van der Waals surface area contributed by atoms with Crippen molar-refractivity contribution in [2.24, 2.45) is 5.73 Å². The highest BCUT2D eigenvalue weighted by Crippen LogP contribution is 2.23. The van der Waals surface area contributed by atoms with Gasteiger partial charge in [0.15, 0.2) is 0 Å². The van der Waals surface area contributed by atoms with Crippen LogP contribution < -0.4 is 11.1 Å². The number of hydrogen-bond acceptors (Lipinski definition) is 2. The smallest absolute Gasteiger partial charge is 0.0312 e. The second-order valence-corrected chi connectivity index (χ2v) is 5.35. The van der Waals surface area contributed by atoms with E-state index in [0.29, 0.717) is 6.04 Å². The van der Waals surface area contributed by atoms with Crippen LogP contribution in [0.2, 0.25) is 0 Å². The first kappa shape index (κ1) is 12.6. The van der Waals surface area contributed by atoms with Gasteiger partial charge in [-0.3, -0.25) is 0 Å². The molecule has 94 valence electrons. The molecule has 0 bridgehead atoms. The molecule has 1 aromatic rings. The molecule has 0 aromatic heterocycles. The van der Waals surface area contributed by atoms with Crippen molar-refractivity contribution in [3.8, 4) is 0 Å². The Morgan fingerprint density at radius 3 is 2.82 bits per heavy atom. The van der Waals surface area contributed by atoms with Crippen LogP contribution in [0.1, 0.15) is 48.4 Å². The van der Waals surface area contributed by atoms with Gasteiger partial charge in [0.05, 0.1) is 0 Å². The SMILES string of the molecule is Cc1ccc(C(N)CC2CCCCN2)c(C)c1. The van der Waals surface area contributed by atoms with Gasteiger partial charge in [0.2, 0.25) is 0 Å². The molecule has 2 nitrogen and oxygen atoms in total. The molecule has 2 atom stereocenters. The Bertz CT molecular complexity index is 367. The van der Waals surface area contributed by atoms with Crippen molar-refractivity contribution in [1.29, 1.82) is 0 Å². The summed E-state index contributed by atoms with van der Waals surface area (Å²) in [4.78, 5) is 0. The molecule has 1 aromatic carbocycles. The number of nitrogens with two attached hydrogens (primary N) is 1. The maximum Gasteiger partial charge on any atom is 0.0312 e. The van der Waals surface area contributed by atoms with E-state index in [2.05, 4.69) is 37.4 Å². The molecule has 1 fully saturated rings. The molecule has 0 amide bonds. The average molecular weight is 232 g/mol. The van der Waals surface area contributed by atoms with Crippen LogP contribution in [0.15, 0.2) is 18.2 Å². The van der Waals surface area contributed by atoms with E-state index in [0.717, 1.165) is 13.0 Å². The fourth-order valence-electron chi connectivity index (χ4n) is 2.80. The Balaban J connectivity index is 2.00. The largest absolute Gasteiger partial charge is 0.324 e. The minimum atomic E-state index is 0.172. The van der Waals surface area contributed by atoms with Crippen LogP contribution in [-0.4, -0.2) is 12.6 Å². The zero-order valence-corrected chi connectivity index (χ0v) is 11.0. The van der Waals surface area contributed by atoms with Gasteiger partial charge in [-0.2, -0.15) is 0 Å². The first-order valence-electron chi connectivity index (χ1n) is 6.73. The second-order valence-electron chi connectivity index (χ2n) is 5.35. The summed E-state index contributed by atoms with van der Waals surface area (Å²) in [6.07, 6.45) is 5.00. The molecule has 0 radical (unpaired) electrons. The third-order valence-electron chi connectivity index (χ3n) is 3.78. The molecule has 0 spiro atoms. The van der Waals surface area contributed by atoms with Crippen molar-refractivity contribution < 1.29 is 0 Å². The lowest BCUT2D eigenvalue weighted by atomic mass is 9.92. The maximum atomic E-state index is 6.34. The monoisotopic (exact) mass is 232 g/mol. The van der Waals surface area contributed by atoms with E-state index in [1.165, 1.54) is 36.0 Å². The van der Waals surface area contributed by atoms with Crippen molar-refractivity contribution in [3.05, 3.63) is 34.9 Å². The van der Waals surface area contributed by atoms with Crippen molar-refractivity contribution in [2.45, 2.75) is 51.6 Å². The fourth-order valence-corrected chi connectivity index (χ4v) is 2.80. The lowest BCUT2D eigenvalue weighted by molar-refractivity contribution is 0.362. The van der Waals surface area contributed by atoms with E-state index in [9.17, 15) is 0 Å². The van der Waals surface area contributed by atoms with Gasteiger partial charge in [0.25, 0.3) is 0 Å². The predicted octanol–water partition coefficient (Wildman–Crippen LogP) is 2.84. The maximum absolute atomic E-state index is 6.34. The number of rotatable bonds is 3. The molecule has 2 heteroatoms. The van der Waals surface area contributed by atoms with Gasteiger partial charge < -0.3 is 11.1 Å². The first-order chi connectivity index (χ1) is 8.16. The van der Waals surface area contributed by atoms with Gasteiger partial charge in [0, 0.05) is 12.1 Å². The van der Waals surface area contributed by atoms with Gasteiger partial charge in [-0.25, -0.2) is 0 Å². The van der Waals surface area contributed by atoms with Crippen LogP contribution in [-0.2, 0) is 0 Å². The highest BCUT2D eigenvalue weighted by atomic mass is 14.9. The van der Waals surface area contributed by atoms with Gasteiger partial charge >= 0.3 is 0 Å². The summed E-state index contributed by atoms with van der Waals surface area (Å²) in [5.41, 5.74) is 10.3. The Hall–Kier alpha value is -0.860. The molecule has 2 unspecified atom stereocenters. The van der Waals surface area contributed by atoms with Crippen LogP contribution in [0.5, 0.6) is 0 Å². The second kappa shape index (κ2) is 5.65. The number of nitrogens with one attached hydrogen (secondary N) is 1. The molecular formula is C15H24N2. The third-order valence-corrected chi connectivity index (χ3v) is 3.78. The van der Waals surface area contributed by atoms with E-state index in [1.54, 1.807) is 0 Å². The van der Waals surface area contributed by atoms with Crippen LogP contribution in [0.3, 0.4) is 0 Å². The molecule has 2 rings (SSSR count). The van der Waals surface area contributed by atoms with Crippen LogP contribution in [0.25, 0.3) is 0 Å². The number of piperidine rings is 1. The van der Waals surface area contributed by atoms with Crippen molar-refractivity contribution in [1.82, 2.24) is 5.32 Å². The predicted molar refractivity (Wildman–Crippen MR) is 73.1 cm³/mol. The molecule has 1 aliphatic heterocycles. The Morgan fingerprint density at radius 2 is 2.18 bits per heavy atom. The molecule has 17 heavy (non-hydrogen) atoms. The number of benzene rings is 1. The number of aryl methyl sites for hydroxylation is 2. The average Bonchev–Trinajstić information content (AvgIpc) is 2.30. The summed E-state index contributed by atoms with van der Waals surface area (Å²) >= 11 is 0. The first-order valence-corrected chi connectivity index (χ1v) is 6.73. The molecule has 0 aliphatic carbocycles. The summed E-state index contributed by atoms with van der Waals surface area (Å²) < 4.78 is 0. The van der Waals surface area contributed by atoms with Gasteiger partial charge in [-0.1, -0.05) is 30.2 Å². The van der Waals surface area contributed by atoms with Gasteiger partial charge in [0.1, 0.15) is 0 Å². The molecule has 1 aliphatic rings. The van der Waals surface area contributed by atoms with Crippen molar-refractivity contribution >= 4 is 0 Å². The van der Waals surface area contributed by atoms with Crippen LogP contribution in [0.4, 0.5) is 0 Å². The zero-order chi connectivity index (χ0) is 12.3. The quantitative estimate of drug-likeness (QED) is 0.841. The third kappa shape index (κ3) is 3.30. The standard InChI is InChI=1S/C15H24N2/c1-11-6-7-14(12(2)9-11)15(16)10-13-5-3-4-8-17-13/h6-7,9,13,15,17H,3-5,8,10,16H2,1-2H3. The molecule has 0 saturated carbocycles. The van der Waals surface area contributed by atoms with Crippen LogP contribution in [0, 0.1) is 13.8 Å². The van der Waals surface area contributed by atoms with E-state index < -0.39 is 0 Å². The summed E-state index contributed by atoms with van der Waals surface area (Å²) in [6, 6.07) is 7.36. The Labute approximate surface area is 105 Å². The van der Waals surface area contributed by atoms with E-state index >= 15 is 0 Å². The van der Waals surface area contributed by atoms with Crippen molar-refractivity contribution in [2.75, 3.05) is 6.54 Å². The summed E-state index contributed by atoms with van der Waals surface area (Å²) in [7, 11) is 0. The molecule has 3 N–H and O–H groups in total. The molecular weight excluding hydrogens is 208 g/mol. The van der Waals surface area contributed by atoms with Crippen molar-refractivity contribution in [3.63, 3.8) is 0 Å². The van der Waals surface area contributed by atoms with E-state index in [1.807, 2.05) is 0 Å². The summed E-state index contributed by atoms with van der Waals surface area (Å²) in [6.45, 7) is 5.45. The minimum Gasteiger partial charge on any atom is -0.324 e.